The Labute approximate surface area is 164 Å². The number of rotatable bonds is 9. The van der Waals surface area contributed by atoms with Crippen LogP contribution < -0.4 is 5.32 Å². The van der Waals surface area contributed by atoms with Crippen molar-refractivity contribution in [3.8, 4) is 5.69 Å². The molecule has 0 bridgehead atoms. The Bertz CT molecular complexity index is 770. The number of hydrogen-bond donors (Lipinski definition) is 1. The first-order chi connectivity index (χ1) is 13.0. The molecule has 1 heterocycles. The minimum absolute atomic E-state index is 0.125. The van der Waals surface area contributed by atoms with Crippen LogP contribution in [0.4, 0.5) is 0 Å². The molecule has 1 amide bonds. The molecule has 7 heteroatoms. The van der Waals surface area contributed by atoms with Crippen molar-refractivity contribution in [3.63, 3.8) is 0 Å². The number of esters is 1. The topological polar surface area (TPSA) is 73.2 Å². The molecule has 1 aromatic heterocycles. The summed E-state index contributed by atoms with van der Waals surface area (Å²) in [6, 6.07) is 9.98. The van der Waals surface area contributed by atoms with Crippen molar-refractivity contribution in [1.82, 2.24) is 15.1 Å². The number of aromatic nitrogens is 2. The number of carbonyl (C=O) groups is 2. The van der Waals surface area contributed by atoms with E-state index in [0.717, 1.165) is 34.8 Å². The lowest BCUT2D eigenvalue weighted by Crippen LogP contribution is -2.37. The Kier molecular flexibility index (Phi) is 7.91. The summed E-state index contributed by atoms with van der Waals surface area (Å²) in [5.74, 6) is -0.530. The lowest BCUT2D eigenvalue weighted by atomic mass is 10.2. The molecule has 0 aliphatic heterocycles. The Morgan fingerprint density at radius 3 is 2.48 bits per heavy atom. The molecule has 0 unspecified atom stereocenters. The Morgan fingerprint density at radius 2 is 1.85 bits per heavy atom. The van der Waals surface area contributed by atoms with E-state index < -0.39 is 5.97 Å². The van der Waals surface area contributed by atoms with E-state index in [4.69, 9.17) is 4.74 Å². The zero-order chi connectivity index (χ0) is 19.8. The fourth-order valence-corrected chi connectivity index (χ4v) is 3.63. The summed E-state index contributed by atoms with van der Waals surface area (Å²) >= 11 is 1.38. The number of aryl methyl sites for hydroxylation is 1. The molecular formula is C20H27N3O3S. The maximum Gasteiger partial charge on any atom is 0.316 e. The molecule has 146 valence electrons. The summed E-state index contributed by atoms with van der Waals surface area (Å²) in [4.78, 5) is 24.8. The van der Waals surface area contributed by atoms with Crippen molar-refractivity contribution in [2.45, 2.75) is 51.5 Å². The second kappa shape index (κ2) is 10.2. The molecule has 27 heavy (non-hydrogen) atoms. The number of ether oxygens (including phenoxy) is 1. The molecule has 0 saturated heterocycles. The standard InChI is InChI=1S/C20H27N3O3S/c1-5-16(6-2)21-18(24)12-26-19(25)13-27-20-14(3)22-23(15(20)4)17-10-8-7-9-11-17/h7-11,16H,5-6,12-13H2,1-4H3,(H,21,24). The molecule has 0 aliphatic rings. The minimum Gasteiger partial charge on any atom is -0.455 e. The monoisotopic (exact) mass is 389 g/mol. The molecule has 0 radical (unpaired) electrons. The van der Waals surface area contributed by atoms with Gasteiger partial charge in [-0.15, -0.1) is 11.8 Å². The van der Waals surface area contributed by atoms with Gasteiger partial charge in [-0.3, -0.25) is 9.59 Å². The van der Waals surface area contributed by atoms with Gasteiger partial charge in [-0.25, -0.2) is 4.68 Å². The van der Waals surface area contributed by atoms with Crippen LogP contribution in [-0.2, 0) is 14.3 Å². The van der Waals surface area contributed by atoms with Crippen LogP contribution in [0.5, 0.6) is 0 Å². The Balaban J connectivity index is 1.89. The zero-order valence-corrected chi connectivity index (χ0v) is 17.1. The molecule has 0 aliphatic carbocycles. The van der Waals surface area contributed by atoms with Gasteiger partial charge in [0.2, 0.25) is 0 Å². The van der Waals surface area contributed by atoms with E-state index >= 15 is 0 Å². The van der Waals surface area contributed by atoms with Crippen LogP contribution >= 0.6 is 11.8 Å². The second-order valence-electron chi connectivity index (χ2n) is 6.28. The number of thioether (sulfide) groups is 1. The lowest BCUT2D eigenvalue weighted by Gasteiger charge is -2.14. The van der Waals surface area contributed by atoms with Gasteiger partial charge >= 0.3 is 5.97 Å². The average molecular weight is 390 g/mol. The van der Waals surface area contributed by atoms with Crippen LogP contribution in [0.25, 0.3) is 5.69 Å². The van der Waals surface area contributed by atoms with Gasteiger partial charge in [0, 0.05) is 6.04 Å². The van der Waals surface area contributed by atoms with E-state index in [9.17, 15) is 9.59 Å². The highest BCUT2D eigenvalue weighted by Crippen LogP contribution is 2.27. The van der Waals surface area contributed by atoms with Crippen molar-refractivity contribution in [2.75, 3.05) is 12.4 Å². The van der Waals surface area contributed by atoms with Crippen LogP contribution in [0.1, 0.15) is 38.1 Å². The van der Waals surface area contributed by atoms with Crippen molar-refractivity contribution >= 4 is 23.6 Å². The lowest BCUT2D eigenvalue weighted by molar-refractivity contribution is -0.146. The van der Waals surface area contributed by atoms with E-state index in [0.29, 0.717) is 0 Å². The third-order valence-electron chi connectivity index (χ3n) is 4.28. The number of amides is 1. The fourth-order valence-electron chi connectivity index (χ4n) is 2.74. The van der Waals surface area contributed by atoms with E-state index in [2.05, 4.69) is 10.4 Å². The van der Waals surface area contributed by atoms with Crippen molar-refractivity contribution in [2.24, 2.45) is 0 Å². The number of para-hydroxylation sites is 1. The first kappa shape index (κ1) is 21.0. The van der Waals surface area contributed by atoms with Gasteiger partial charge in [-0.05, 0) is 38.8 Å². The van der Waals surface area contributed by atoms with Gasteiger partial charge in [0.15, 0.2) is 6.61 Å². The third kappa shape index (κ3) is 5.85. The summed E-state index contributed by atoms with van der Waals surface area (Å²) in [7, 11) is 0. The molecule has 2 aromatic rings. The number of hydrogen-bond acceptors (Lipinski definition) is 5. The SMILES string of the molecule is CCC(CC)NC(=O)COC(=O)CSc1c(C)nn(-c2ccccc2)c1C. The molecule has 0 atom stereocenters. The second-order valence-corrected chi connectivity index (χ2v) is 7.26. The predicted molar refractivity (Wildman–Crippen MR) is 107 cm³/mol. The summed E-state index contributed by atoms with van der Waals surface area (Å²) < 4.78 is 6.95. The largest absolute Gasteiger partial charge is 0.455 e. The van der Waals surface area contributed by atoms with Gasteiger partial charge < -0.3 is 10.1 Å². The van der Waals surface area contributed by atoms with Gasteiger partial charge in [0.25, 0.3) is 5.91 Å². The summed E-state index contributed by atoms with van der Waals surface area (Å²) in [5.41, 5.74) is 2.81. The third-order valence-corrected chi connectivity index (χ3v) is 5.53. The van der Waals surface area contributed by atoms with Gasteiger partial charge in [-0.2, -0.15) is 5.10 Å². The van der Waals surface area contributed by atoms with Crippen LogP contribution in [0.15, 0.2) is 35.2 Å². The number of nitrogens with zero attached hydrogens (tertiary/aromatic N) is 2. The molecular weight excluding hydrogens is 362 g/mol. The Hall–Kier alpha value is -2.28. The predicted octanol–water partition coefficient (Wildman–Crippen LogP) is 3.43. The molecule has 0 saturated carbocycles. The first-order valence-electron chi connectivity index (χ1n) is 9.15. The fraction of sp³-hybridized carbons (Fsp3) is 0.450. The van der Waals surface area contributed by atoms with Crippen molar-refractivity contribution < 1.29 is 14.3 Å². The van der Waals surface area contributed by atoms with Crippen LogP contribution in [-0.4, -0.2) is 40.1 Å². The molecule has 1 aromatic carbocycles. The maximum absolute atomic E-state index is 12.0. The summed E-state index contributed by atoms with van der Waals surface area (Å²) in [5, 5.41) is 7.41. The minimum atomic E-state index is -0.411. The maximum atomic E-state index is 12.0. The first-order valence-corrected chi connectivity index (χ1v) is 10.1. The van der Waals surface area contributed by atoms with E-state index in [1.807, 2.05) is 62.7 Å². The smallest absolute Gasteiger partial charge is 0.316 e. The van der Waals surface area contributed by atoms with Gasteiger partial charge in [0.05, 0.1) is 27.7 Å². The molecule has 1 N–H and O–H groups in total. The molecule has 6 nitrogen and oxygen atoms in total. The van der Waals surface area contributed by atoms with E-state index in [1.54, 1.807) is 0 Å². The Morgan fingerprint density at radius 1 is 1.19 bits per heavy atom. The average Bonchev–Trinajstić information content (AvgIpc) is 2.97. The van der Waals surface area contributed by atoms with Gasteiger partial charge in [0.1, 0.15) is 0 Å². The molecule has 0 spiro atoms. The number of benzene rings is 1. The van der Waals surface area contributed by atoms with Crippen LogP contribution in [0, 0.1) is 13.8 Å². The zero-order valence-electron chi connectivity index (χ0n) is 16.3. The van der Waals surface area contributed by atoms with Crippen LogP contribution in [0.2, 0.25) is 0 Å². The quantitative estimate of drug-likeness (QED) is 0.525. The highest BCUT2D eigenvalue weighted by atomic mass is 32.2. The van der Waals surface area contributed by atoms with Crippen molar-refractivity contribution in [3.05, 3.63) is 41.7 Å². The van der Waals surface area contributed by atoms with Gasteiger partial charge in [-0.1, -0.05) is 32.0 Å². The highest BCUT2D eigenvalue weighted by Gasteiger charge is 2.16. The van der Waals surface area contributed by atoms with E-state index in [-0.39, 0.29) is 24.3 Å². The van der Waals surface area contributed by atoms with Crippen molar-refractivity contribution in [1.29, 1.82) is 0 Å². The number of nitrogens with one attached hydrogen (secondary N) is 1. The summed E-state index contributed by atoms with van der Waals surface area (Å²) in [6.45, 7) is 7.68. The molecule has 2 rings (SSSR count). The normalized spacial score (nSPS) is 10.9. The van der Waals surface area contributed by atoms with Crippen LogP contribution in [0.3, 0.4) is 0 Å². The van der Waals surface area contributed by atoms with E-state index in [1.165, 1.54) is 11.8 Å². The highest BCUT2D eigenvalue weighted by molar-refractivity contribution is 8.00. The summed E-state index contributed by atoms with van der Waals surface area (Å²) in [6.07, 6.45) is 1.71. The molecule has 0 fully saturated rings. The number of carbonyl (C=O) groups excluding carboxylic acids is 2.